The highest BCUT2D eigenvalue weighted by Crippen LogP contribution is 2.38. The van der Waals surface area contributed by atoms with Crippen molar-refractivity contribution in [3.63, 3.8) is 0 Å². The fourth-order valence-corrected chi connectivity index (χ4v) is 7.07. The second kappa shape index (κ2) is 13.3. The van der Waals surface area contributed by atoms with Gasteiger partial charge in [-0.25, -0.2) is 23.0 Å². The van der Waals surface area contributed by atoms with Gasteiger partial charge in [0.2, 0.25) is 15.9 Å². The van der Waals surface area contributed by atoms with Gasteiger partial charge in [0.25, 0.3) is 5.92 Å². The van der Waals surface area contributed by atoms with Gasteiger partial charge in [-0.05, 0) is 69.3 Å². The first-order valence-corrected chi connectivity index (χ1v) is 16.8. The van der Waals surface area contributed by atoms with Crippen molar-refractivity contribution >= 4 is 51.1 Å². The Morgan fingerprint density at radius 2 is 1.60 bits per heavy atom. The van der Waals surface area contributed by atoms with Crippen LogP contribution in [0.2, 0.25) is 5.15 Å². The van der Waals surface area contributed by atoms with Crippen LogP contribution in [0.4, 0.5) is 25.1 Å². The average Bonchev–Trinajstić information content (AvgIpc) is 3.39. The van der Waals surface area contributed by atoms with E-state index in [0.717, 1.165) is 30.3 Å². The molecule has 48 heavy (non-hydrogen) atoms. The molecule has 12 nitrogen and oxygen atoms in total. The number of pyridine rings is 1. The molecule has 1 aromatic heterocycles. The lowest BCUT2D eigenvalue weighted by Gasteiger charge is -2.35. The van der Waals surface area contributed by atoms with E-state index in [0.29, 0.717) is 5.69 Å². The predicted molar refractivity (Wildman–Crippen MR) is 173 cm³/mol. The van der Waals surface area contributed by atoms with Crippen LogP contribution in [0, 0.1) is 0 Å². The molecule has 3 heterocycles. The first-order valence-electron chi connectivity index (χ1n) is 15.0. The quantitative estimate of drug-likeness (QED) is 0.318. The number of carbonyl (C=O) groups is 3. The minimum atomic E-state index is -3.93. The number of hydrogen-bond acceptors (Lipinski definition) is 8. The van der Waals surface area contributed by atoms with Crippen LogP contribution >= 0.6 is 11.6 Å². The first-order chi connectivity index (χ1) is 22.4. The minimum Gasteiger partial charge on any atom is -0.478 e. The Morgan fingerprint density at radius 3 is 2.19 bits per heavy atom. The molecule has 256 valence electrons. The molecule has 0 bridgehead atoms. The normalized spacial score (nSPS) is 17.8. The van der Waals surface area contributed by atoms with Crippen molar-refractivity contribution < 1.29 is 41.4 Å². The van der Waals surface area contributed by atoms with Gasteiger partial charge in [-0.3, -0.25) is 4.79 Å². The second-order valence-corrected chi connectivity index (χ2v) is 14.8. The number of sulfonamides is 1. The van der Waals surface area contributed by atoms with Crippen molar-refractivity contribution in [2.75, 3.05) is 42.5 Å². The number of alkyl carbamates (subject to hydrolysis) is 1. The van der Waals surface area contributed by atoms with E-state index in [1.165, 1.54) is 39.5 Å². The van der Waals surface area contributed by atoms with Crippen LogP contribution in [0.3, 0.4) is 0 Å². The number of carboxylic acids is 1. The van der Waals surface area contributed by atoms with Gasteiger partial charge in [-0.2, -0.15) is 13.1 Å². The van der Waals surface area contributed by atoms with Crippen LogP contribution < -0.4 is 15.1 Å². The van der Waals surface area contributed by atoms with Crippen LogP contribution in [0.5, 0.6) is 0 Å². The summed E-state index contributed by atoms with van der Waals surface area (Å²) >= 11 is 6.13. The van der Waals surface area contributed by atoms with Gasteiger partial charge in [0.1, 0.15) is 16.6 Å². The molecule has 0 radical (unpaired) electrons. The van der Waals surface area contributed by atoms with Crippen molar-refractivity contribution in [3.05, 3.63) is 82.5 Å². The van der Waals surface area contributed by atoms with Crippen molar-refractivity contribution in [1.29, 1.82) is 0 Å². The number of alkyl halides is 2. The summed E-state index contributed by atoms with van der Waals surface area (Å²) in [4.78, 5) is 43.2. The summed E-state index contributed by atoms with van der Waals surface area (Å²) in [6.07, 6.45) is -0.553. The highest BCUT2D eigenvalue weighted by atomic mass is 35.5. The van der Waals surface area contributed by atoms with E-state index in [4.69, 9.17) is 21.4 Å². The first kappa shape index (κ1) is 35.0. The number of carbonyl (C=O) groups excluding carboxylic acids is 2. The fraction of sp³-hybridized carbons (Fsp3) is 0.375. The van der Waals surface area contributed by atoms with Gasteiger partial charge < -0.3 is 25.0 Å². The number of aromatic carboxylic acids is 1. The van der Waals surface area contributed by atoms with E-state index >= 15 is 8.78 Å². The monoisotopic (exact) mass is 705 g/mol. The molecule has 2 amide bonds. The highest BCUT2D eigenvalue weighted by Gasteiger charge is 2.37. The van der Waals surface area contributed by atoms with Crippen LogP contribution in [0.15, 0.2) is 65.6 Å². The summed E-state index contributed by atoms with van der Waals surface area (Å²) in [6, 6.07) is 11.9. The number of benzene rings is 2. The number of piperazine rings is 1. The number of amides is 2. The van der Waals surface area contributed by atoms with Crippen molar-refractivity contribution in [3.8, 4) is 0 Å². The lowest BCUT2D eigenvalue weighted by atomic mass is 10.00. The van der Waals surface area contributed by atoms with Crippen molar-refractivity contribution in [2.45, 2.75) is 49.7 Å². The number of aromatic nitrogens is 1. The van der Waals surface area contributed by atoms with Crippen LogP contribution in [-0.4, -0.2) is 85.1 Å². The second-order valence-electron chi connectivity index (χ2n) is 12.4. The van der Waals surface area contributed by atoms with E-state index in [1.54, 1.807) is 25.7 Å². The zero-order valence-corrected chi connectivity index (χ0v) is 27.9. The maximum absolute atomic E-state index is 15.4. The molecule has 2 N–H and O–H groups in total. The Morgan fingerprint density at radius 1 is 0.979 bits per heavy atom. The molecule has 0 spiro atoms. The molecule has 0 aliphatic carbocycles. The summed E-state index contributed by atoms with van der Waals surface area (Å²) in [5.41, 5.74) is -1.20. The standard InChI is InChI=1S/C32H34ClF2N5O7S/c1-31(2,3)47-30(44)36-23-18-28(41)40(19-23)24-8-10-25(11-9-24)48(45,46)39-14-12-38(13-15-39)27-17-22(16-26(33)37-27)32(34,35)21-6-4-20(5-7-21)29(42)43/h4-11,16-17,23H,12-15,18-19H2,1-3H3,(H,36,44)(H,42,43). The Hall–Kier alpha value is -4.34. The third-order valence-electron chi connectivity index (χ3n) is 7.83. The van der Waals surface area contributed by atoms with Gasteiger partial charge in [0, 0.05) is 56.0 Å². The van der Waals surface area contributed by atoms with Crippen LogP contribution in [0.25, 0.3) is 0 Å². The van der Waals surface area contributed by atoms with Crippen LogP contribution in [0.1, 0.15) is 48.7 Å². The predicted octanol–water partition coefficient (Wildman–Crippen LogP) is 4.71. The molecule has 5 rings (SSSR count). The molecule has 16 heteroatoms. The van der Waals surface area contributed by atoms with Gasteiger partial charge >= 0.3 is 12.1 Å². The van der Waals surface area contributed by atoms with E-state index in [1.807, 2.05) is 0 Å². The largest absolute Gasteiger partial charge is 0.478 e. The number of halogens is 3. The molecule has 2 saturated heterocycles. The number of rotatable bonds is 8. The number of ether oxygens (including phenoxy) is 1. The number of carboxylic acid groups (broad SMARTS) is 1. The average molecular weight is 706 g/mol. The van der Waals surface area contributed by atoms with Crippen LogP contribution in [-0.2, 0) is 25.5 Å². The summed E-state index contributed by atoms with van der Waals surface area (Å²) < 4.78 is 64.4. The Bertz CT molecular complexity index is 1810. The van der Waals surface area contributed by atoms with Gasteiger partial charge in [-0.1, -0.05) is 23.7 Å². The summed E-state index contributed by atoms with van der Waals surface area (Å²) in [6.45, 7) is 5.80. The zero-order chi connectivity index (χ0) is 35.0. The van der Waals surface area contributed by atoms with Gasteiger partial charge in [-0.15, -0.1) is 0 Å². The maximum atomic E-state index is 15.4. The van der Waals surface area contributed by atoms with Gasteiger partial charge in [0.15, 0.2) is 0 Å². The van der Waals surface area contributed by atoms with Gasteiger partial charge in [0.05, 0.1) is 16.5 Å². The lowest BCUT2D eigenvalue weighted by molar-refractivity contribution is -0.117. The number of hydrogen-bond donors (Lipinski definition) is 2. The molecule has 3 aromatic rings. The van der Waals surface area contributed by atoms with E-state index in [2.05, 4.69) is 10.3 Å². The molecule has 1 unspecified atom stereocenters. The molecule has 2 fully saturated rings. The highest BCUT2D eigenvalue weighted by molar-refractivity contribution is 7.89. The molecular formula is C32H34ClF2N5O7S. The molecular weight excluding hydrogens is 672 g/mol. The molecule has 2 aliphatic heterocycles. The molecule has 0 saturated carbocycles. The van der Waals surface area contributed by atoms with Crippen molar-refractivity contribution in [2.24, 2.45) is 0 Å². The smallest absolute Gasteiger partial charge is 0.407 e. The molecule has 1 atom stereocenters. The maximum Gasteiger partial charge on any atom is 0.407 e. The Labute approximate surface area is 281 Å². The third-order valence-corrected chi connectivity index (χ3v) is 9.94. The Kier molecular flexibility index (Phi) is 9.68. The zero-order valence-electron chi connectivity index (χ0n) is 26.3. The topological polar surface area (TPSA) is 149 Å². The van der Waals surface area contributed by atoms with Crippen molar-refractivity contribution in [1.82, 2.24) is 14.6 Å². The SMILES string of the molecule is CC(C)(C)OC(=O)NC1CC(=O)N(c2ccc(S(=O)(=O)N3CCN(c4cc(C(F)(F)c5ccc(C(=O)O)cc5)cc(Cl)n4)CC3)cc2)C1. The Balaban J connectivity index is 1.23. The minimum absolute atomic E-state index is 0.0199. The lowest BCUT2D eigenvalue weighted by Crippen LogP contribution is -2.49. The third kappa shape index (κ3) is 7.69. The summed E-state index contributed by atoms with van der Waals surface area (Å²) in [7, 11) is -3.93. The van der Waals surface area contributed by atoms with E-state index < -0.39 is 50.8 Å². The molecule has 2 aromatic carbocycles. The number of anilines is 2. The summed E-state index contributed by atoms with van der Waals surface area (Å²) in [5.74, 6) is -4.82. The fourth-order valence-electron chi connectivity index (χ4n) is 5.45. The summed E-state index contributed by atoms with van der Waals surface area (Å²) in [5, 5.41) is 11.6. The van der Waals surface area contributed by atoms with E-state index in [-0.39, 0.29) is 66.5 Å². The number of nitrogens with one attached hydrogen (secondary N) is 1. The molecule has 2 aliphatic rings. The number of nitrogens with zero attached hydrogens (tertiary/aromatic N) is 4. The van der Waals surface area contributed by atoms with E-state index in [9.17, 15) is 22.8 Å².